The van der Waals surface area contributed by atoms with Crippen LogP contribution in [0.3, 0.4) is 0 Å². The van der Waals surface area contributed by atoms with Crippen LogP contribution in [0, 0.1) is 0 Å². The average molecular weight is 289 g/mol. The summed E-state index contributed by atoms with van der Waals surface area (Å²) in [6.45, 7) is 5.76. The Morgan fingerprint density at radius 1 is 1.19 bits per heavy atom. The molecule has 0 aliphatic rings. The minimum atomic E-state index is -0.275. The Labute approximate surface area is 125 Å². The molecular weight excluding hydrogens is 266 g/mol. The van der Waals surface area contributed by atoms with Crippen molar-refractivity contribution in [3.63, 3.8) is 0 Å². The molecule has 0 amide bonds. The van der Waals surface area contributed by atoms with Crippen LogP contribution in [0.25, 0.3) is 0 Å². The third kappa shape index (κ3) is 3.55. The molecule has 2 N–H and O–H groups in total. The van der Waals surface area contributed by atoms with Gasteiger partial charge in [-0.25, -0.2) is 4.79 Å². The first-order valence-electron chi connectivity index (χ1n) is 7.40. The normalized spacial score (nSPS) is 12.3. The number of ether oxygens (including phenoxy) is 1. The second-order valence-corrected chi connectivity index (χ2v) is 5.00. The minimum Gasteiger partial charge on any atom is -0.494 e. The zero-order valence-corrected chi connectivity index (χ0v) is 12.7. The largest absolute Gasteiger partial charge is 0.494 e. The van der Waals surface area contributed by atoms with Crippen molar-refractivity contribution in [3.8, 4) is 5.75 Å². The van der Waals surface area contributed by atoms with E-state index in [2.05, 4.69) is 0 Å². The molecule has 0 fully saturated rings. The number of aromatic nitrogens is 2. The Balaban J connectivity index is 2.18. The molecule has 1 atom stereocenters. The molecule has 0 radical (unpaired) electrons. The fraction of sp³-hybridized carbons (Fsp3) is 0.438. The molecule has 0 aliphatic heterocycles. The molecule has 1 unspecified atom stereocenters. The first-order chi connectivity index (χ1) is 10.2. The van der Waals surface area contributed by atoms with Gasteiger partial charge in [0.2, 0.25) is 0 Å². The van der Waals surface area contributed by atoms with E-state index >= 15 is 0 Å². The molecule has 0 bridgehead atoms. The summed E-state index contributed by atoms with van der Waals surface area (Å²) in [5.74, 6) is 0.786. The molecule has 0 saturated carbocycles. The minimum absolute atomic E-state index is 0.0128. The van der Waals surface area contributed by atoms with Crippen molar-refractivity contribution in [1.82, 2.24) is 9.13 Å². The van der Waals surface area contributed by atoms with E-state index in [0.717, 1.165) is 24.3 Å². The van der Waals surface area contributed by atoms with Crippen LogP contribution in [-0.2, 0) is 13.1 Å². The zero-order valence-electron chi connectivity index (χ0n) is 12.7. The lowest BCUT2D eigenvalue weighted by atomic mass is 10.1. The summed E-state index contributed by atoms with van der Waals surface area (Å²) >= 11 is 0. The maximum atomic E-state index is 12.2. The molecule has 1 aromatic carbocycles. The Hall–Kier alpha value is -2.01. The molecule has 114 valence electrons. The average Bonchev–Trinajstić information content (AvgIpc) is 2.82. The highest BCUT2D eigenvalue weighted by Crippen LogP contribution is 2.24. The second kappa shape index (κ2) is 7.13. The van der Waals surface area contributed by atoms with Gasteiger partial charge >= 0.3 is 5.69 Å². The predicted molar refractivity (Wildman–Crippen MR) is 83.5 cm³/mol. The maximum Gasteiger partial charge on any atom is 0.328 e. The van der Waals surface area contributed by atoms with Crippen molar-refractivity contribution in [2.75, 3.05) is 6.61 Å². The highest BCUT2D eigenvalue weighted by molar-refractivity contribution is 5.35. The summed E-state index contributed by atoms with van der Waals surface area (Å²) in [4.78, 5) is 12.2. The van der Waals surface area contributed by atoms with Gasteiger partial charge in [0.05, 0.1) is 12.6 Å². The topological polar surface area (TPSA) is 62.2 Å². The van der Waals surface area contributed by atoms with Gasteiger partial charge in [0.15, 0.2) is 0 Å². The van der Waals surface area contributed by atoms with E-state index in [0.29, 0.717) is 13.2 Å². The van der Waals surface area contributed by atoms with E-state index < -0.39 is 0 Å². The lowest BCUT2D eigenvalue weighted by molar-refractivity contribution is 0.332. The number of hydrogen-bond acceptors (Lipinski definition) is 3. The molecule has 1 aromatic heterocycles. The highest BCUT2D eigenvalue weighted by Gasteiger charge is 2.14. The van der Waals surface area contributed by atoms with E-state index in [1.54, 1.807) is 15.3 Å². The maximum absolute atomic E-state index is 12.2. The number of nitrogens with zero attached hydrogens (tertiary/aromatic N) is 2. The van der Waals surface area contributed by atoms with Gasteiger partial charge in [-0.05, 0) is 19.4 Å². The van der Waals surface area contributed by atoms with Gasteiger partial charge in [-0.1, -0.05) is 25.1 Å². The summed E-state index contributed by atoms with van der Waals surface area (Å²) < 4.78 is 8.96. The van der Waals surface area contributed by atoms with Crippen LogP contribution in [0.5, 0.6) is 5.75 Å². The van der Waals surface area contributed by atoms with E-state index in [1.165, 1.54) is 0 Å². The van der Waals surface area contributed by atoms with Crippen molar-refractivity contribution in [3.05, 3.63) is 52.7 Å². The summed E-state index contributed by atoms with van der Waals surface area (Å²) in [7, 11) is 0. The number of hydrogen-bond donors (Lipinski definition) is 1. The summed E-state index contributed by atoms with van der Waals surface area (Å²) in [6.07, 6.45) is 4.54. The van der Waals surface area contributed by atoms with Gasteiger partial charge in [0.1, 0.15) is 5.75 Å². The van der Waals surface area contributed by atoms with Crippen LogP contribution >= 0.6 is 0 Å². The quantitative estimate of drug-likeness (QED) is 0.849. The van der Waals surface area contributed by atoms with Crippen molar-refractivity contribution in [2.45, 2.75) is 39.4 Å². The van der Waals surface area contributed by atoms with Crippen LogP contribution in [0.4, 0.5) is 0 Å². The highest BCUT2D eigenvalue weighted by atomic mass is 16.5. The van der Waals surface area contributed by atoms with Crippen LogP contribution in [0.2, 0.25) is 0 Å². The standard InChI is InChI=1S/C16H23N3O2/c1-3-9-18-10-11-19(16(18)20)12-14(17)13-7-5-6-8-15(13)21-4-2/h5-8,10-11,14H,3-4,9,12,17H2,1-2H3. The number of imidazole rings is 1. The Kier molecular flexibility index (Phi) is 5.22. The number of benzene rings is 1. The van der Waals surface area contributed by atoms with Crippen molar-refractivity contribution in [1.29, 1.82) is 0 Å². The second-order valence-electron chi connectivity index (χ2n) is 5.00. The molecule has 5 nitrogen and oxygen atoms in total. The fourth-order valence-electron chi connectivity index (χ4n) is 2.39. The van der Waals surface area contributed by atoms with Crippen LogP contribution in [0.1, 0.15) is 31.9 Å². The van der Waals surface area contributed by atoms with Gasteiger partial charge < -0.3 is 10.5 Å². The Morgan fingerprint density at radius 3 is 2.62 bits per heavy atom. The first-order valence-corrected chi connectivity index (χ1v) is 7.40. The summed E-state index contributed by atoms with van der Waals surface area (Å²) in [6, 6.07) is 7.43. The third-order valence-corrected chi connectivity index (χ3v) is 3.39. The van der Waals surface area contributed by atoms with E-state index in [1.807, 2.05) is 44.3 Å². The van der Waals surface area contributed by atoms with E-state index in [-0.39, 0.29) is 11.7 Å². The lowest BCUT2D eigenvalue weighted by Crippen LogP contribution is -2.28. The molecule has 1 heterocycles. The molecule has 0 spiro atoms. The monoisotopic (exact) mass is 289 g/mol. The smallest absolute Gasteiger partial charge is 0.328 e. The number of rotatable bonds is 7. The van der Waals surface area contributed by atoms with Crippen molar-refractivity contribution in [2.24, 2.45) is 5.73 Å². The molecule has 2 aromatic rings. The summed E-state index contributed by atoms with van der Waals surface area (Å²) in [5.41, 5.74) is 7.17. The Bertz CT molecular complexity index is 630. The SMILES string of the molecule is CCCn1ccn(CC(N)c2ccccc2OCC)c1=O. The summed E-state index contributed by atoms with van der Waals surface area (Å²) in [5, 5.41) is 0. The van der Waals surface area contributed by atoms with E-state index in [9.17, 15) is 4.79 Å². The van der Waals surface area contributed by atoms with Gasteiger partial charge in [-0.15, -0.1) is 0 Å². The molecule has 0 saturated heterocycles. The molecular formula is C16H23N3O2. The number of para-hydroxylation sites is 1. The van der Waals surface area contributed by atoms with Gasteiger partial charge in [-0.3, -0.25) is 9.13 Å². The van der Waals surface area contributed by atoms with Crippen molar-refractivity contribution >= 4 is 0 Å². The number of nitrogens with two attached hydrogens (primary N) is 1. The van der Waals surface area contributed by atoms with Gasteiger partial charge in [0.25, 0.3) is 0 Å². The third-order valence-electron chi connectivity index (χ3n) is 3.39. The van der Waals surface area contributed by atoms with Gasteiger partial charge in [0, 0.05) is 31.0 Å². The molecule has 2 rings (SSSR count). The Morgan fingerprint density at radius 2 is 1.90 bits per heavy atom. The number of aryl methyl sites for hydroxylation is 1. The fourth-order valence-corrected chi connectivity index (χ4v) is 2.39. The zero-order chi connectivity index (χ0) is 15.2. The van der Waals surface area contributed by atoms with Crippen LogP contribution in [0.15, 0.2) is 41.5 Å². The van der Waals surface area contributed by atoms with Crippen LogP contribution in [-0.4, -0.2) is 15.7 Å². The van der Waals surface area contributed by atoms with E-state index in [4.69, 9.17) is 10.5 Å². The first kappa shape index (κ1) is 15.4. The van der Waals surface area contributed by atoms with Crippen LogP contribution < -0.4 is 16.2 Å². The molecule has 5 heteroatoms. The molecule has 21 heavy (non-hydrogen) atoms. The molecule has 0 aliphatic carbocycles. The lowest BCUT2D eigenvalue weighted by Gasteiger charge is -2.16. The van der Waals surface area contributed by atoms with Crippen molar-refractivity contribution < 1.29 is 4.74 Å². The van der Waals surface area contributed by atoms with Gasteiger partial charge in [-0.2, -0.15) is 0 Å². The predicted octanol–water partition coefficient (Wildman–Crippen LogP) is 2.16.